The van der Waals surface area contributed by atoms with Gasteiger partial charge in [0.05, 0.1) is 56.9 Å². The van der Waals surface area contributed by atoms with Gasteiger partial charge < -0.3 is 37.0 Å². The first kappa shape index (κ1) is 107. The van der Waals surface area contributed by atoms with Crippen LogP contribution in [0.4, 0.5) is 108 Å². The molecule has 0 aliphatic carbocycles. The van der Waals surface area contributed by atoms with Crippen molar-refractivity contribution in [3.05, 3.63) is 322 Å². The molecule has 0 fully saturated rings. The fourth-order valence-corrected chi connectivity index (χ4v) is 18.5. The molecule has 0 amide bonds. The Balaban J connectivity index is 0.000000178. The second-order valence-corrected chi connectivity index (χ2v) is 40.7. The van der Waals surface area contributed by atoms with Crippen LogP contribution in [0.15, 0.2) is 417 Å². The second-order valence-electron chi connectivity index (χ2n) is 30.2. The Morgan fingerprint density at radius 3 is 0.816 bits per heavy atom. The topological polar surface area (TPSA) is 754 Å². The van der Waals surface area contributed by atoms with E-state index in [1.54, 1.807) is 103 Å². The standard InChI is InChI=1S/C32H23N5O10S3.C32H23N5O7S2.C28H22N6O7S2.2O3S/c38-32-25-14-13-23(33-20-5-2-1-3-6-20)15-19(25)16-30(50(45,46)47)31(32)37-35-22-11-9-21(10-12-22)34-36-24-17-27-26(29(18-24)49(42,43)44)7-4-8-28(27)48(39,40)41;38-32-27-16-15-25(33-22-6-2-1-3-7-22)17-21(27)18-30(46(42,43)44)31(32)37-35-24-13-11-23(12-14-24)34-36-26-10-9-20-5-4-8-29(28(20)19-26)45(39,40)41;29-24-13-11-22(16-25(24)42(36,37)38)30-21-10-12-23-17(14-21)15-26(43(39,40)41)27(28(23)35)34-33-20-8-6-19(7-9-20)32-31-18-4-2-1-3-5-18;2*1-4(2)3/h1-18,33,38H,(H,39,40,41)(H,42,43,44)(H,45,46,47);1-19,33,38H,(H,39,40,41)(H,42,43,44);1-16,30,35H,29H2,(H,36,37,38)(H,39,40,41);;. The number of nitrogens with one attached hydrogen (secondary N) is 3. The summed E-state index contributed by atoms with van der Waals surface area (Å²) in [6, 6.07) is 82.4. The molecule has 0 spiro atoms. The summed E-state index contributed by atoms with van der Waals surface area (Å²) >= 11 is 0. The highest BCUT2D eigenvalue weighted by atomic mass is 32.2. The molecular weight excluding hydrogens is 2100 g/mol. The lowest BCUT2D eigenvalue weighted by atomic mass is 10.1. The lowest BCUT2D eigenvalue weighted by Crippen LogP contribution is -2.04. The van der Waals surface area contributed by atoms with E-state index in [0.29, 0.717) is 72.4 Å². The van der Waals surface area contributed by atoms with Gasteiger partial charge in [0.1, 0.15) is 51.3 Å². The van der Waals surface area contributed by atoms with Crippen molar-refractivity contribution in [1.29, 1.82) is 0 Å². The second kappa shape index (κ2) is 45.2. The summed E-state index contributed by atoms with van der Waals surface area (Å²) in [4.78, 5) is -3.97. The number of fused-ring (bicyclic) bond motifs is 5. The van der Waals surface area contributed by atoms with Gasteiger partial charge in [-0.05, 0) is 258 Å². The number of hydrogen-bond donors (Lipinski definition) is 14. The molecule has 750 valence electrons. The third-order valence-electron chi connectivity index (χ3n) is 20.2. The summed E-state index contributed by atoms with van der Waals surface area (Å²) in [5, 5.41) is 92.6. The lowest BCUT2D eigenvalue weighted by molar-refractivity contribution is 0.471. The predicted molar refractivity (Wildman–Crippen MR) is 537 cm³/mol. The molecule has 55 heteroatoms. The number of phenols is 3. The number of phenolic OH excluding ortho intramolecular Hbond substituents is 3. The van der Waals surface area contributed by atoms with Gasteiger partial charge in [-0.1, -0.05) is 84.9 Å². The van der Waals surface area contributed by atoms with Crippen molar-refractivity contribution in [1.82, 2.24) is 0 Å². The molecule has 0 aliphatic rings. The summed E-state index contributed by atoms with van der Waals surface area (Å²) < 4.78 is 287. The van der Waals surface area contributed by atoms with Gasteiger partial charge in [0, 0.05) is 66.4 Å². The van der Waals surface area contributed by atoms with E-state index in [9.17, 15) is 106 Å². The van der Waals surface area contributed by atoms with Crippen LogP contribution in [0, 0.1) is 0 Å². The third-order valence-corrected chi connectivity index (χ3v) is 26.4. The van der Waals surface area contributed by atoms with Crippen LogP contribution in [0.2, 0.25) is 0 Å². The van der Waals surface area contributed by atoms with Crippen LogP contribution < -0.4 is 21.7 Å². The number of anilines is 7. The maximum absolute atomic E-state index is 12.3. The van der Waals surface area contributed by atoms with Crippen molar-refractivity contribution >= 4 is 254 Å². The molecular formula is C92H68N16O30S9. The van der Waals surface area contributed by atoms with Crippen LogP contribution in [0.1, 0.15) is 0 Å². The Labute approximate surface area is 835 Å². The largest absolute Gasteiger partial charge is 0.505 e. The number of rotatable bonds is 25. The quantitative estimate of drug-likeness (QED) is 0.0144. The Hall–Kier alpha value is -17.2. The van der Waals surface area contributed by atoms with Crippen molar-refractivity contribution in [2.75, 3.05) is 21.7 Å². The Morgan fingerprint density at radius 1 is 0.197 bits per heavy atom. The Kier molecular flexibility index (Phi) is 32.9. The molecule has 0 atom stereocenters. The molecule has 0 saturated heterocycles. The van der Waals surface area contributed by atoms with E-state index in [4.69, 9.17) is 31.0 Å². The highest BCUT2D eigenvalue weighted by molar-refractivity contribution is 7.87. The molecule has 0 aliphatic heterocycles. The minimum atomic E-state index is -4.86. The molecule has 46 nitrogen and oxygen atoms in total. The van der Waals surface area contributed by atoms with Crippen LogP contribution in [0.5, 0.6) is 17.2 Å². The van der Waals surface area contributed by atoms with Gasteiger partial charge in [0.25, 0.3) is 70.8 Å². The van der Waals surface area contributed by atoms with E-state index in [2.05, 4.69) is 77.3 Å². The lowest BCUT2D eigenvalue weighted by Gasteiger charge is -2.12. The Bertz CT molecular complexity index is 9370. The number of benzene rings is 17. The van der Waals surface area contributed by atoms with Gasteiger partial charge in [0.2, 0.25) is 0 Å². The van der Waals surface area contributed by atoms with Gasteiger partial charge in [-0.2, -0.15) is 105 Å². The molecule has 0 saturated carbocycles. The van der Waals surface area contributed by atoms with Crippen molar-refractivity contribution in [2.45, 2.75) is 34.3 Å². The molecule has 0 bridgehead atoms. The number of azo groups is 6. The Morgan fingerprint density at radius 2 is 0.469 bits per heavy atom. The van der Waals surface area contributed by atoms with E-state index in [-0.39, 0.29) is 66.0 Å². The van der Waals surface area contributed by atoms with Crippen molar-refractivity contribution in [3.63, 3.8) is 0 Å². The van der Waals surface area contributed by atoms with Gasteiger partial charge in [0.15, 0.2) is 17.2 Å². The van der Waals surface area contributed by atoms with E-state index >= 15 is 0 Å². The van der Waals surface area contributed by atoms with Crippen LogP contribution in [0.25, 0.3) is 53.9 Å². The van der Waals surface area contributed by atoms with E-state index in [1.165, 1.54) is 109 Å². The average molecular weight is 2170 g/mol. The first-order valence-electron chi connectivity index (χ1n) is 40.9. The third kappa shape index (κ3) is 28.5. The zero-order chi connectivity index (χ0) is 106. The molecule has 0 unspecified atom stereocenters. The molecule has 0 aromatic heterocycles. The van der Waals surface area contributed by atoms with Gasteiger partial charge in [-0.3, -0.25) is 31.9 Å². The van der Waals surface area contributed by atoms with Crippen molar-refractivity contribution < 1.29 is 131 Å². The van der Waals surface area contributed by atoms with Gasteiger partial charge >= 0.3 is 21.2 Å². The molecule has 17 rings (SSSR count). The molecule has 17 aromatic carbocycles. The van der Waals surface area contributed by atoms with E-state index < -0.39 is 156 Å². The maximum atomic E-state index is 12.3. The number of aromatic hydroxyl groups is 3. The van der Waals surface area contributed by atoms with Crippen molar-refractivity contribution in [3.8, 4) is 17.2 Å². The average Bonchev–Trinajstić information content (AvgIpc) is 0.762. The summed E-state index contributed by atoms with van der Waals surface area (Å²) in [7, 11) is -39.4. The van der Waals surface area contributed by atoms with Crippen LogP contribution in [0.3, 0.4) is 0 Å². The number of hydrogen-bond acceptors (Lipinski definition) is 39. The molecule has 15 N–H and O–H groups in total. The summed E-state index contributed by atoms with van der Waals surface area (Å²) in [5.74, 6) is -1.56. The smallest absolute Gasteiger partial charge is 0.425 e. The highest BCUT2D eigenvalue weighted by Gasteiger charge is 2.28. The minimum absolute atomic E-state index is 0.152. The van der Waals surface area contributed by atoms with E-state index in [1.807, 2.05) is 78.9 Å². The van der Waals surface area contributed by atoms with Crippen molar-refractivity contribution in [2.24, 2.45) is 61.4 Å². The monoisotopic (exact) mass is 2160 g/mol. The van der Waals surface area contributed by atoms with Gasteiger partial charge in [-0.25, -0.2) is 0 Å². The molecule has 0 radical (unpaired) electrons. The summed E-state index contributed by atoms with van der Waals surface area (Å²) in [6.07, 6.45) is 0. The van der Waals surface area contributed by atoms with Crippen LogP contribution in [-0.4, -0.2) is 131 Å². The number of nitrogens with zero attached hydrogens (tertiary/aromatic N) is 12. The fraction of sp³-hybridized carbons (Fsp3) is 0. The summed E-state index contributed by atoms with van der Waals surface area (Å²) in [5.41, 5.74) is 10.3. The first-order valence-corrected chi connectivity index (χ1v) is 53.0. The predicted octanol–water partition coefficient (Wildman–Crippen LogP) is 22.0. The zero-order valence-electron chi connectivity index (χ0n) is 73.9. The number of nitrogen functional groups attached to an aromatic ring is 1. The first-order chi connectivity index (χ1) is 69.4. The molecule has 0 heterocycles. The normalized spacial score (nSPS) is 12.1. The number of para-hydroxylation sites is 2. The fourth-order valence-electron chi connectivity index (χ4n) is 13.8. The molecule has 147 heavy (non-hydrogen) atoms. The van der Waals surface area contributed by atoms with Crippen LogP contribution >= 0.6 is 0 Å². The molecule has 17 aromatic rings. The van der Waals surface area contributed by atoms with E-state index in [0.717, 1.165) is 41.7 Å². The minimum Gasteiger partial charge on any atom is -0.505 e. The summed E-state index contributed by atoms with van der Waals surface area (Å²) in [6.45, 7) is 0. The number of nitrogens with two attached hydrogens (primary N) is 1. The SMILES string of the molecule is Nc1ccc(Nc2ccc3c(O)c(N=Nc4ccc(N=Nc5ccccc5)cc4)c(S(=O)(=O)O)cc3c2)cc1S(=O)(=O)O.O=S(=O)(O)c1cc2cc(Nc3ccccc3)ccc2c(O)c1N=Nc1ccc(N=Nc2cc(S(=O)(=O)O)c3cccc(S(=O)(=O)O)c3c2)cc1.O=S(=O)(O)c1cc2cc(Nc3ccccc3)ccc2c(O)c1N=Nc1ccc(N=Nc2ccc3cccc(S(=O)(=O)O)c3c2)cc1.O=S(=O)=O.O=S(=O)=O. The highest BCUT2D eigenvalue weighted by Crippen LogP contribution is 2.48. The maximum Gasteiger partial charge on any atom is 0.425 e. The zero-order valence-corrected chi connectivity index (χ0v) is 81.2. The van der Waals surface area contributed by atoms with Crippen LogP contribution in [-0.2, 0) is 92.0 Å². The van der Waals surface area contributed by atoms with Gasteiger partial charge in [-0.15, -0.1) is 40.6 Å².